The number of carbonyl (C=O) groups is 2. The fourth-order valence-corrected chi connectivity index (χ4v) is 1.53. The Morgan fingerprint density at radius 1 is 1.11 bits per heavy atom. The first-order valence-electron chi connectivity index (χ1n) is 5.50. The van der Waals surface area contributed by atoms with Crippen LogP contribution in [0.4, 0.5) is 5.69 Å². The van der Waals surface area contributed by atoms with Crippen molar-refractivity contribution in [3.8, 4) is 11.5 Å². The fourth-order valence-electron chi connectivity index (χ4n) is 1.53. The highest BCUT2D eigenvalue weighted by atomic mass is 16.5. The van der Waals surface area contributed by atoms with E-state index in [4.69, 9.17) is 9.84 Å². The summed E-state index contributed by atoms with van der Waals surface area (Å²) in [5, 5.41) is 11.8. The van der Waals surface area contributed by atoms with Gasteiger partial charge in [-0.15, -0.1) is 0 Å². The van der Waals surface area contributed by atoms with E-state index >= 15 is 0 Å². The van der Waals surface area contributed by atoms with Crippen molar-refractivity contribution in [2.45, 2.75) is 0 Å². The van der Waals surface area contributed by atoms with Gasteiger partial charge in [0.25, 0.3) is 12.4 Å². The molecule has 0 heterocycles. The molecule has 2 N–H and O–H groups in total. The van der Waals surface area contributed by atoms with Crippen LogP contribution in [0.1, 0.15) is 10.4 Å². The molecule has 0 saturated carbocycles. The zero-order chi connectivity index (χ0) is 13.7. The van der Waals surface area contributed by atoms with Crippen molar-refractivity contribution in [3.63, 3.8) is 0 Å². The van der Waals surface area contributed by atoms with Gasteiger partial charge in [-0.2, -0.15) is 0 Å². The van der Waals surface area contributed by atoms with Crippen LogP contribution < -0.4 is 10.1 Å². The van der Waals surface area contributed by atoms with Gasteiger partial charge >= 0.3 is 0 Å². The summed E-state index contributed by atoms with van der Waals surface area (Å²) >= 11 is 0. The van der Waals surface area contributed by atoms with Gasteiger partial charge in [0.05, 0.1) is 5.69 Å². The number of ether oxygens (including phenoxy) is 1. The van der Waals surface area contributed by atoms with Gasteiger partial charge in [0.15, 0.2) is 5.75 Å². The van der Waals surface area contributed by atoms with Crippen LogP contribution in [-0.4, -0.2) is 17.5 Å². The molecule has 19 heavy (non-hydrogen) atoms. The summed E-state index contributed by atoms with van der Waals surface area (Å²) in [5.41, 5.74) is 0.784. The maximum absolute atomic E-state index is 11.9. The summed E-state index contributed by atoms with van der Waals surface area (Å²) in [6.07, 6.45) is 0. The minimum absolute atomic E-state index is 0.0845. The van der Waals surface area contributed by atoms with Crippen LogP contribution in [0, 0.1) is 0 Å². The number of nitrogens with one attached hydrogen (secondary N) is 1. The standard InChI is InChI=1S/C14H11NO4/c16-9-19-13-4-2-1-3-12(13)15-14(18)10-5-7-11(17)8-6-10/h1-9,17H,(H,15,18). The molecule has 0 aromatic heterocycles. The molecule has 0 fully saturated rings. The Kier molecular flexibility index (Phi) is 3.78. The number of aromatic hydroxyl groups is 1. The molecule has 0 bridgehead atoms. The Morgan fingerprint density at radius 2 is 1.79 bits per heavy atom. The number of rotatable bonds is 4. The van der Waals surface area contributed by atoms with Gasteiger partial charge in [-0.3, -0.25) is 9.59 Å². The highest BCUT2D eigenvalue weighted by molar-refractivity contribution is 6.05. The van der Waals surface area contributed by atoms with Gasteiger partial charge in [-0.25, -0.2) is 0 Å². The molecule has 2 aromatic carbocycles. The molecule has 0 aliphatic carbocycles. The van der Waals surface area contributed by atoms with Crippen molar-refractivity contribution in [3.05, 3.63) is 54.1 Å². The van der Waals surface area contributed by atoms with Crippen molar-refractivity contribution in [2.24, 2.45) is 0 Å². The van der Waals surface area contributed by atoms with E-state index in [2.05, 4.69) is 5.32 Å². The van der Waals surface area contributed by atoms with E-state index in [0.29, 0.717) is 17.7 Å². The van der Waals surface area contributed by atoms with Crippen LogP contribution in [0.5, 0.6) is 11.5 Å². The summed E-state index contributed by atoms with van der Waals surface area (Å²) in [4.78, 5) is 22.3. The lowest BCUT2D eigenvalue weighted by molar-refractivity contribution is -0.120. The van der Waals surface area contributed by atoms with Gasteiger partial charge in [0.1, 0.15) is 5.75 Å². The number of benzene rings is 2. The maximum atomic E-state index is 11.9. The number of carbonyl (C=O) groups excluding carboxylic acids is 2. The molecule has 2 aromatic rings. The summed E-state index contributed by atoms with van der Waals surface area (Å²) in [6.45, 7) is 0.297. The zero-order valence-electron chi connectivity index (χ0n) is 9.87. The quantitative estimate of drug-likeness (QED) is 0.823. The van der Waals surface area contributed by atoms with Crippen molar-refractivity contribution >= 4 is 18.1 Å². The molecule has 0 unspecified atom stereocenters. The van der Waals surface area contributed by atoms with E-state index in [1.807, 2.05) is 0 Å². The number of phenolic OH excluding ortho intramolecular Hbond substituents is 1. The SMILES string of the molecule is O=COc1ccccc1NC(=O)c1ccc(O)cc1. The topological polar surface area (TPSA) is 75.6 Å². The highest BCUT2D eigenvalue weighted by Crippen LogP contribution is 2.24. The monoisotopic (exact) mass is 257 g/mol. The van der Waals surface area contributed by atoms with Crippen LogP contribution in [0.15, 0.2) is 48.5 Å². The normalized spacial score (nSPS) is 9.68. The lowest BCUT2D eigenvalue weighted by Crippen LogP contribution is -2.12. The first-order chi connectivity index (χ1) is 9.20. The number of hydrogen-bond acceptors (Lipinski definition) is 4. The van der Waals surface area contributed by atoms with Crippen LogP contribution >= 0.6 is 0 Å². The second kappa shape index (κ2) is 5.68. The van der Waals surface area contributed by atoms with E-state index < -0.39 is 0 Å². The Morgan fingerprint density at radius 3 is 2.47 bits per heavy atom. The third kappa shape index (κ3) is 3.10. The Balaban J connectivity index is 2.19. The smallest absolute Gasteiger partial charge is 0.298 e. The Bertz CT molecular complexity index is 593. The maximum Gasteiger partial charge on any atom is 0.298 e. The molecule has 0 spiro atoms. The Labute approximate surface area is 109 Å². The highest BCUT2D eigenvalue weighted by Gasteiger charge is 2.09. The predicted octanol–water partition coefficient (Wildman–Crippen LogP) is 2.18. The number of anilines is 1. The molecule has 0 radical (unpaired) electrons. The summed E-state index contributed by atoms with van der Waals surface area (Å²) < 4.78 is 4.76. The van der Waals surface area contributed by atoms with Crippen LogP contribution in [-0.2, 0) is 4.79 Å². The molecule has 5 nitrogen and oxygen atoms in total. The molecule has 2 rings (SSSR count). The minimum Gasteiger partial charge on any atom is -0.508 e. The molecule has 1 amide bonds. The molecule has 0 saturated heterocycles. The van der Waals surface area contributed by atoms with E-state index in [1.54, 1.807) is 24.3 Å². The van der Waals surface area contributed by atoms with E-state index in [9.17, 15) is 9.59 Å². The van der Waals surface area contributed by atoms with Gasteiger partial charge < -0.3 is 15.2 Å². The van der Waals surface area contributed by atoms with Gasteiger partial charge in [-0.1, -0.05) is 12.1 Å². The third-order valence-corrected chi connectivity index (χ3v) is 2.44. The first-order valence-corrected chi connectivity index (χ1v) is 5.50. The number of phenols is 1. The lowest BCUT2D eigenvalue weighted by Gasteiger charge is -2.08. The van der Waals surface area contributed by atoms with Crippen LogP contribution in [0.3, 0.4) is 0 Å². The van der Waals surface area contributed by atoms with Gasteiger partial charge in [0, 0.05) is 5.56 Å². The fraction of sp³-hybridized carbons (Fsp3) is 0. The number of amides is 1. The largest absolute Gasteiger partial charge is 0.508 e. The van der Waals surface area contributed by atoms with E-state index in [-0.39, 0.29) is 17.4 Å². The van der Waals surface area contributed by atoms with Crippen LogP contribution in [0.25, 0.3) is 0 Å². The second-order valence-corrected chi connectivity index (χ2v) is 3.71. The molecule has 96 valence electrons. The molecular weight excluding hydrogens is 246 g/mol. The second-order valence-electron chi connectivity index (χ2n) is 3.71. The molecule has 0 atom stereocenters. The zero-order valence-corrected chi connectivity index (χ0v) is 9.87. The van der Waals surface area contributed by atoms with Crippen molar-refractivity contribution in [1.29, 1.82) is 0 Å². The van der Waals surface area contributed by atoms with E-state index in [1.165, 1.54) is 24.3 Å². The number of hydrogen-bond donors (Lipinski definition) is 2. The van der Waals surface area contributed by atoms with Gasteiger partial charge in [0.2, 0.25) is 0 Å². The molecule has 0 aliphatic rings. The molecule has 0 aliphatic heterocycles. The summed E-state index contributed by atoms with van der Waals surface area (Å²) in [6, 6.07) is 12.4. The van der Waals surface area contributed by atoms with Crippen LogP contribution in [0.2, 0.25) is 0 Å². The average Bonchev–Trinajstić information content (AvgIpc) is 2.42. The Hall–Kier alpha value is -2.82. The lowest BCUT2D eigenvalue weighted by atomic mass is 10.2. The summed E-state index contributed by atoms with van der Waals surface area (Å²) in [5.74, 6) is -0.00665. The van der Waals surface area contributed by atoms with E-state index in [0.717, 1.165) is 0 Å². The van der Waals surface area contributed by atoms with Gasteiger partial charge in [-0.05, 0) is 36.4 Å². The van der Waals surface area contributed by atoms with Crippen molar-refractivity contribution in [1.82, 2.24) is 0 Å². The molecular formula is C14H11NO4. The third-order valence-electron chi connectivity index (χ3n) is 2.44. The first kappa shape index (κ1) is 12.6. The average molecular weight is 257 g/mol. The van der Waals surface area contributed by atoms with Crippen molar-refractivity contribution < 1.29 is 19.4 Å². The van der Waals surface area contributed by atoms with Crippen molar-refractivity contribution in [2.75, 3.05) is 5.32 Å². The molecule has 5 heteroatoms. The predicted molar refractivity (Wildman–Crippen MR) is 69.2 cm³/mol. The minimum atomic E-state index is -0.359. The summed E-state index contributed by atoms with van der Waals surface area (Å²) in [7, 11) is 0. The number of para-hydroxylation sites is 2.